The molecule has 0 aromatic carbocycles. The summed E-state index contributed by atoms with van der Waals surface area (Å²) in [4.78, 5) is 4.09. The van der Waals surface area contributed by atoms with E-state index in [2.05, 4.69) is 15.0 Å². The van der Waals surface area contributed by atoms with Crippen LogP contribution >= 0.6 is 11.8 Å². The van der Waals surface area contributed by atoms with Gasteiger partial charge in [0.05, 0.1) is 0 Å². The van der Waals surface area contributed by atoms with Crippen LogP contribution in [-0.4, -0.2) is 37.0 Å². The van der Waals surface area contributed by atoms with Gasteiger partial charge in [0, 0.05) is 30.6 Å². The van der Waals surface area contributed by atoms with E-state index in [9.17, 15) is 8.42 Å². The van der Waals surface area contributed by atoms with Crippen LogP contribution in [0.1, 0.15) is 24.8 Å². The monoisotopic (exact) mass is 313 g/mol. The highest BCUT2D eigenvalue weighted by Gasteiger charge is 2.24. The predicted molar refractivity (Wildman–Crippen MR) is 80.2 cm³/mol. The molecule has 20 heavy (non-hydrogen) atoms. The second-order valence-corrected chi connectivity index (χ2v) is 8.15. The largest absolute Gasteiger partial charge is 0.310 e. The normalized spacial score (nSPS) is 23.1. The molecule has 1 saturated heterocycles. The molecule has 1 aliphatic carbocycles. The van der Waals surface area contributed by atoms with Gasteiger partial charge in [-0.1, -0.05) is 6.07 Å². The molecule has 1 aromatic rings. The fraction of sp³-hybridized carbons (Fsp3) is 0.615. The standard InChI is InChI=1S/C13H19N3O2S2/c17-20(18,16-12-5-6-19-9-12)13-4-1-10(8-15-13)7-14-11-2-3-11/h1,4,8,11-12,14,16H,2-3,5-7,9H2. The molecule has 5 nitrogen and oxygen atoms in total. The van der Waals surface area contributed by atoms with Gasteiger partial charge in [-0.3, -0.25) is 0 Å². The summed E-state index contributed by atoms with van der Waals surface area (Å²) in [6, 6.07) is 4.11. The quantitative estimate of drug-likeness (QED) is 0.823. The summed E-state index contributed by atoms with van der Waals surface area (Å²) in [6.45, 7) is 0.755. The predicted octanol–water partition coefficient (Wildman–Crippen LogP) is 1.12. The van der Waals surface area contributed by atoms with Crippen molar-refractivity contribution < 1.29 is 8.42 Å². The maximum absolute atomic E-state index is 12.2. The highest BCUT2D eigenvalue weighted by atomic mass is 32.2. The first-order chi connectivity index (χ1) is 9.63. The number of rotatable bonds is 6. The van der Waals surface area contributed by atoms with Gasteiger partial charge in [-0.05, 0) is 36.6 Å². The van der Waals surface area contributed by atoms with Crippen LogP contribution in [0.5, 0.6) is 0 Å². The molecule has 2 fully saturated rings. The Bertz CT molecular complexity index is 549. The van der Waals surface area contributed by atoms with Gasteiger partial charge in [0.15, 0.2) is 5.03 Å². The lowest BCUT2D eigenvalue weighted by atomic mass is 10.3. The van der Waals surface area contributed by atoms with E-state index in [0.717, 1.165) is 30.0 Å². The zero-order valence-electron chi connectivity index (χ0n) is 11.2. The van der Waals surface area contributed by atoms with Crippen molar-refractivity contribution in [3.8, 4) is 0 Å². The Morgan fingerprint density at radius 3 is 2.70 bits per heavy atom. The molecule has 2 N–H and O–H groups in total. The van der Waals surface area contributed by atoms with Crippen molar-refractivity contribution >= 4 is 21.8 Å². The molecule has 0 amide bonds. The topological polar surface area (TPSA) is 71.1 Å². The molecule has 1 aliphatic heterocycles. The van der Waals surface area contributed by atoms with Gasteiger partial charge in [-0.2, -0.15) is 11.8 Å². The first kappa shape index (κ1) is 14.3. The number of thioether (sulfide) groups is 1. The summed E-state index contributed by atoms with van der Waals surface area (Å²) in [5.74, 6) is 1.87. The van der Waals surface area contributed by atoms with Crippen molar-refractivity contribution in [2.75, 3.05) is 11.5 Å². The molecule has 2 aliphatic rings. The highest BCUT2D eigenvalue weighted by molar-refractivity contribution is 7.99. The molecule has 2 heterocycles. The van der Waals surface area contributed by atoms with Crippen LogP contribution in [0.15, 0.2) is 23.4 Å². The third-order valence-electron chi connectivity index (χ3n) is 3.50. The van der Waals surface area contributed by atoms with Crippen molar-refractivity contribution in [1.82, 2.24) is 15.0 Å². The molecular weight excluding hydrogens is 294 g/mol. The number of hydrogen-bond acceptors (Lipinski definition) is 5. The lowest BCUT2D eigenvalue weighted by Crippen LogP contribution is -2.35. The van der Waals surface area contributed by atoms with Gasteiger partial charge < -0.3 is 5.32 Å². The van der Waals surface area contributed by atoms with Crippen molar-refractivity contribution in [1.29, 1.82) is 0 Å². The second-order valence-electron chi connectivity index (χ2n) is 5.34. The number of nitrogens with zero attached hydrogens (tertiary/aromatic N) is 1. The lowest BCUT2D eigenvalue weighted by molar-refractivity contribution is 0.559. The summed E-state index contributed by atoms with van der Waals surface area (Å²) < 4.78 is 27.1. The molecule has 0 spiro atoms. The van der Waals surface area contributed by atoms with Crippen LogP contribution in [0.3, 0.4) is 0 Å². The Kier molecular flexibility index (Phi) is 4.30. The first-order valence-corrected chi connectivity index (χ1v) is 9.56. The number of sulfonamides is 1. The van der Waals surface area contributed by atoms with E-state index in [1.807, 2.05) is 6.07 Å². The highest BCUT2D eigenvalue weighted by Crippen LogP contribution is 2.20. The smallest absolute Gasteiger partial charge is 0.258 e. The van der Waals surface area contributed by atoms with Gasteiger partial charge in [0.1, 0.15) is 0 Å². The average molecular weight is 313 g/mol. The minimum Gasteiger partial charge on any atom is -0.310 e. The van der Waals surface area contributed by atoms with E-state index < -0.39 is 10.0 Å². The molecule has 1 unspecified atom stereocenters. The minimum absolute atomic E-state index is 0.0445. The average Bonchev–Trinajstić information content (AvgIpc) is 3.14. The number of nitrogens with one attached hydrogen (secondary N) is 2. The summed E-state index contributed by atoms with van der Waals surface area (Å²) >= 11 is 1.78. The fourth-order valence-electron chi connectivity index (χ4n) is 2.13. The Balaban J connectivity index is 1.62. The molecule has 0 bridgehead atoms. The zero-order chi connectivity index (χ0) is 14.0. The van der Waals surface area contributed by atoms with E-state index >= 15 is 0 Å². The second kappa shape index (κ2) is 6.01. The van der Waals surface area contributed by atoms with Crippen molar-refractivity contribution in [3.05, 3.63) is 23.9 Å². The number of hydrogen-bond donors (Lipinski definition) is 2. The maximum Gasteiger partial charge on any atom is 0.258 e. The molecule has 3 rings (SSSR count). The SMILES string of the molecule is O=S(=O)(NC1CCSC1)c1ccc(CNC2CC2)cn1. The number of aromatic nitrogens is 1. The maximum atomic E-state index is 12.2. The van der Waals surface area contributed by atoms with Crippen LogP contribution in [0.25, 0.3) is 0 Å². The molecule has 7 heteroatoms. The van der Waals surface area contributed by atoms with E-state index in [1.165, 1.54) is 12.8 Å². The fourth-order valence-corrected chi connectivity index (χ4v) is 4.59. The molecule has 1 atom stereocenters. The third kappa shape index (κ3) is 3.72. The molecule has 1 aromatic heterocycles. The van der Waals surface area contributed by atoms with E-state index in [-0.39, 0.29) is 11.1 Å². The number of pyridine rings is 1. The van der Waals surface area contributed by atoms with Gasteiger partial charge in [-0.15, -0.1) is 0 Å². The minimum atomic E-state index is -3.47. The summed E-state index contributed by atoms with van der Waals surface area (Å²) in [5.41, 5.74) is 1.02. The van der Waals surface area contributed by atoms with E-state index in [4.69, 9.17) is 0 Å². The van der Waals surface area contributed by atoms with Gasteiger partial charge in [0.25, 0.3) is 10.0 Å². The van der Waals surface area contributed by atoms with E-state index in [1.54, 1.807) is 24.0 Å². The Morgan fingerprint density at radius 2 is 2.10 bits per heavy atom. The lowest BCUT2D eigenvalue weighted by Gasteiger charge is -2.11. The first-order valence-electron chi connectivity index (χ1n) is 6.92. The van der Waals surface area contributed by atoms with Gasteiger partial charge in [0.2, 0.25) is 0 Å². The van der Waals surface area contributed by atoms with Gasteiger partial charge >= 0.3 is 0 Å². The molecule has 0 radical (unpaired) electrons. The van der Waals surface area contributed by atoms with Crippen LogP contribution in [0.4, 0.5) is 0 Å². The van der Waals surface area contributed by atoms with Crippen molar-refractivity contribution in [2.24, 2.45) is 0 Å². The Morgan fingerprint density at radius 1 is 1.25 bits per heavy atom. The third-order valence-corrected chi connectivity index (χ3v) is 6.09. The summed E-state index contributed by atoms with van der Waals surface area (Å²) in [5, 5.41) is 3.50. The van der Waals surface area contributed by atoms with E-state index in [0.29, 0.717) is 6.04 Å². The zero-order valence-corrected chi connectivity index (χ0v) is 12.8. The Labute approximate surface area is 124 Å². The molecule has 110 valence electrons. The van der Waals surface area contributed by atoms with Crippen LogP contribution in [0, 0.1) is 0 Å². The Hall–Kier alpha value is -0.630. The summed E-state index contributed by atoms with van der Waals surface area (Å²) in [6.07, 6.45) is 5.02. The van der Waals surface area contributed by atoms with Crippen LogP contribution in [-0.2, 0) is 16.6 Å². The molecule has 1 saturated carbocycles. The summed E-state index contributed by atoms with van der Waals surface area (Å²) in [7, 11) is -3.47. The molecular formula is C13H19N3O2S2. The van der Waals surface area contributed by atoms with Gasteiger partial charge in [-0.25, -0.2) is 18.1 Å². The van der Waals surface area contributed by atoms with Crippen LogP contribution < -0.4 is 10.0 Å². The van der Waals surface area contributed by atoms with Crippen molar-refractivity contribution in [2.45, 2.75) is 42.9 Å². The van der Waals surface area contributed by atoms with Crippen LogP contribution in [0.2, 0.25) is 0 Å². The van der Waals surface area contributed by atoms with Crippen molar-refractivity contribution in [3.63, 3.8) is 0 Å².